The number of benzene rings is 1. The van der Waals surface area contributed by atoms with Gasteiger partial charge in [0.15, 0.2) is 0 Å². The molecule has 0 radical (unpaired) electrons. The highest BCUT2D eigenvalue weighted by Gasteiger charge is 2.30. The number of rotatable bonds is 3. The highest BCUT2D eigenvalue weighted by atomic mass is 19.1. The fourth-order valence-corrected chi connectivity index (χ4v) is 3.36. The Morgan fingerprint density at radius 2 is 2.00 bits per heavy atom. The second kappa shape index (κ2) is 6.00. The van der Waals surface area contributed by atoms with E-state index in [2.05, 4.69) is 12.2 Å². The standard InChI is InChI=1S/C16H23F2N/c1-10-5-4-6-12(9-10)16(19-3)14-13(17)8-7-11(2)15(14)18/h7-8,10,12,16,19H,4-6,9H2,1-3H3. The van der Waals surface area contributed by atoms with Gasteiger partial charge < -0.3 is 5.32 Å². The van der Waals surface area contributed by atoms with Crippen molar-refractivity contribution < 1.29 is 8.78 Å². The van der Waals surface area contributed by atoms with Crippen molar-refractivity contribution in [2.45, 2.75) is 45.6 Å². The normalized spacial score (nSPS) is 25.3. The van der Waals surface area contributed by atoms with E-state index < -0.39 is 11.6 Å². The average molecular weight is 267 g/mol. The molecular formula is C16H23F2N. The van der Waals surface area contributed by atoms with Crippen LogP contribution in [0.4, 0.5) is 8.78 Å². The Balaban J connectivity index is 2.34. The van der Waals surface area contributed by atoms with Crippen LogP contribution in [0.2, 0.25) is 0 Å². The number of nitrogens with one attached hydrogen (secondary N) is 1. The molecule has 2 rings (SSSR count). The molecule has 0 bridgehead atoms. The van der Waals surface area contributed by atoms with Gasteiger partial charge in [-0.15, -0.1) is 0 Å². The van der Waals surface area contributed by atoms with Gasteiger partial charge in [0, 0.05) is 11.6 Å². The first-order valence-electron chi connectivity index (χ1n) is 7.16. The Morgan fingerprint density at radius 1 is 1.26 bits per heavy atom. The molecule has 3 atom stereocenters. The summed E-state index contributed by atoms with van der Waals surface area (Å²) in [5.74, 6) is 0.142. The van der Waals surface area contributed by atoms with Crippen LogP contribution in [0.15, 0.2) is 12.1 Å². The van der Waals surface area contributed by atoms with Gasteiger partial charge in [-0.3, -0.25) is 0 Å². The number of hydrogen-bond acceptors (Lipinski definition) is 1. The molecule has 1 aromatic carbocycles. The van der Waals surface area contributed by atoms with Crippen molar-refractivity contribution in [3.05, 3.63) is 34.9 Å². The zero-order valence-corrected chi connectivity index (χ0v) is 12.0. The third-order valence-corrected chi connectivity index (χ3v) is 4.39. The van der Waals surface area contributed by atoms with Gasteiger partial charge in [-0.2, -0.15) is 0 Å². The first-order chi connectivity index (χ1) is 9.04. The first kappa shape index (κ1) is 14.4. The molecule has 0 aromatic heterocycles. The Kier molecular flexibility index (Phi) is 4.56. The molecule has 0 heterocycles. The third kappa shape index (κ3) is 2.97. The van der Waals surface area contributed by atoms with Gasteiger partial charge in [0.1, 0.15) is 11.6 Å². The van der Waals surface area contributed by atoms with Crippen LogP contribution in [0.25, 0.3) is 0 Å². The Morgan fingerprint density at radius 3 is 2.63 bits per heavy atom. The Labute approximate surface area is 114 Å². The molecule has 1 aromatic rings. The van der Waals surface area contributed by atoms with Crippen LogP contribution < -0.4 is 5.32 Å². The van der Waals surface area contributed by atoms with E-state index in [1.807, 2.05) is 0 Å². The molecule has 0 aliphatic heterocycles. The predicted octanol–water partition coefficient (Wildman–Crippen LogP) is 4.36. The summed E-state index contributed by atoms with van der Waals surface area (Å²) in [7, 11) is 1.80. The summed E-state index contributed by atoms with van der Waals surface area (Å²) in [4.78, 5) is 0. The summed E-state index contributed by atoms with van der Waals surface area (Å²) in [6.07, 6.45) is 4.46. The first-order valence-corrected chi connectivity index (χ1v) is 7.16. The van der Waals surface area contributed by atoms with Crippen LogP contribution in [0.5, 0.6) is 0 Å². The van der Waals surface area contributed by atoms with E-state index in [9.17, 15) is 8.78 Å². The Hall–Kier alpha value is -0.960. The lowest BCUT2D eigenvalue weighted by atomic mass is 9.76. The molecule has 1 aliphatic rings. The van der Waals surface area contributed by atoms with Gasteiger partial charge in [0.2, 0.25) is 0 Å². The van der Waals surface area contributed by atoms with E-state index in [1.54, 1.807) is 14.0 Å². The maximum atomic E-state index is 14.3. The molecule has 1 saturated carbocycles. The fraction of sp³-hybridized carbons (Fsp3) is 0.625. The topological polar surface area (TPSA) is 12.0 Å². The van der Waals surface area contributed by atoms with E-state index in [1.165, 1.54) is 18.6 Å². The van der Waals surface area contributed by atoms with Crippen LogP contribution in [-0.4, -0.2) is 7.05 Å². The molecule has 3 unspecified atom stereocenters. The van der Waals surface area contributed by atoms with Crippen LogP contribution in [0.1, 0.15) is 49.8 Å². The van der Waals surface area contributed by atoms with Gasteiger partial charge in [-0.05, 0) is 50.3 Å². The minimum absolute atomic E-state index is 0.220. The van der Waals surface area contributed by atoms with Crippen LogP contribution in [0.3, 0.4) is 0 Å². The minimum Gasteiger partial charge on any atom is -0.313 e. The molecular weight excluding hydrogens is 244 g/mol. The van der Waals surface area contributed by atoms with Crippen LogP contribution in [-0.2, 0) is 0 Å². The van der Waals surface area contributed by atoms with Crippen LogP contribution >= 0.6 is 0 Å². The molecule has 0 saturated heterocycles. The van der Waals surface area contributed by atoms with Gasteiger partial charge >= 0.3 is 0 Å². The van der Waals surface area contributed by atoms with Crippen LogP contribution in [0, 0.1) is 30.4 Å². The maximum Gasteiger partial charge on any atom is 0.133 e. The average Bonchev–Trinajstić information content (AvgIpc) is 2.39. The monoisotopic (exact) mass is 267 g/mol. The lowest BCUT2D eigenvalue weighted by molar-refractivity contribution is 0.223. The van der Waals surface area contributed by atoms with Crippen molar-refractivity contribution in [3.8, 4) is 0 Å². The zero-order chi connectivity index (χ0) is 14.0. The summed E-state index contributed by atoms with van der Waals surface area (Å²) in [5, 5.41) is 3.14. The second-order valence-corrected chi connectivity index (χ2v) is 5.89. The van der Waals surface area contributed by atoms with Crippen molar-refractivity contribution in [3.63, 3.8) is 0 Å². The summed E-state index contributed by atoms with van der Waals surface area (Å²) in [6.45, 7) is 3.91. The van der Waals surface area contributed by atoms with E-state index in [0.717, 1.165) is 19.3 Å². The minimum atomic E-state index is -0.430. The lowest BCUT2D eigenvalue weighted by Gasteiger charge is -2.34. The molecule has 1 nitrogen and oxygen atoms in total. The largest absolute Gasteiger partial charge is 0.313 e. The highest BCUT2D eigenvalue weighted by molar-refractivity contribution is 5.29. The summed E-state index contributed by atoms with van der Waals surface area (Å²) in [5.41, 5.74) is 0.738. The summed E-state index contributed by atoms with van der Waals surface area (Å²) >= 11 is 0. The van der Waals surface area contributed by atoms with Gasteiger partial charge in [0.25, 0.3) is 0 Å². The molecule has 106 valence electrons. The molecule has 0 amide bonds. The van der Waals surface area contributed by atoms with Gasteiger partial charge in [0.05, 0.1) is 0 Å². The van der Waals surface area contributed by atoms with Crippen molar-refractivity contribution in [2.24, 2.45) is 11.8 Å². The van der Waals surface area contributed by atoms with Crippen molar-refractivity contribution in [1.29, 1.82) is 0 Å². The van der Waals surface area contributed by atoms with Gasteiger partial charge in [-0.25, -0.2) is 8.78 Å². The summed E-state index contributed by atoms with van der Waals surface area (Å²) in [6, 6.07) is 2.66. The van der Waals surface area contributed by atoms with E-state index in [-0.39, 0.29) is 11.6 Å². The molecule has 0 spiro atoms. The van der Waals surface area contributed by atoms with E-state index >= 15 is 0 Å². The van der Waals surface area contributed by atoms with E-state index in [0.29, 0.717) is 17.4 Å². The molecule has 1 N–H and O–H groups in total. The van der Waals surface area contributed by atoms with E-state index in [4.69, 9.17) is 0 Å². The quantitative estimate of drug-likeness (QED) is 0.858. The second-order valence-electron chi connectivity index (χ2n) is 5.89. The molecule has 3 heteroatoms. The molecule has 19 heavy (non-hydrogen) atoms. The predicted molar refractivity (Wildman–Crippen MR) is 74.0 cm³/mol. The smallest absolute Gasteiger partial charge is 0.133 e. The zero-order valence-electron chi connectivity index (χ0n) is 12.0. The lowest BCUT2D eigenvalue weighted by Crippen LogP contribution is -2.30. The fourth-order valence-electron chi connectivity index (χ4n) is 3.36. The maximum absolute atomic E-state index is 14.3. The number of halogens is 2. The van der Waals surface area contributed by atoms with Gasteiger partial charge in [-0.1, -0.05) is 25.8 Å². The molecule has 1 aliphatic carbocycles. The Bertz CT molecular complexity index is 445. The number of hydrogen-bond donors (Lipinski definition) is 1. The van der Waals surface area contributed by atoms with Crippen molar-refractivity contribution in [2.75, 3.05) is 7.05 Å². The highest BCUT2D eigenvalue weighted by Crippen LogP contribution is 2.38. The number of aryl methyl sites for hydroxylation is 1. The van der Waals surface area contributed by atoms with Crippen molar-refractivity contribution >= 4 is 0 Å². The molecule has 1 fully saturated rings. The third-order valence-electron chi connectivity index (χ3n) is 4.39. The summed E-state index contributed by atoms with van der Waals surface area (Å²) < 4.78 is 28.3. The van der Waals surface area contributed by atoms with Crippen molar-refractivity contribution in [1.82, 2.24) is 5.32 Å². The SMILES string of the molecule is CNC(c1c(F)ccc(C)c1F)C1CCCC(C)C1.